The molecule has 2 aromatic rings. The van der Waals surface area contributed by atoms with Crippen molar-refractivity contribution in [2.75, 3.05) is 0 Å². The highest BCUT2D eigenvalue weighted by molar-refractivity contribution is 7.11. The normalized spacial score (nSPS) is 20.3. The smallest absolute Gasteiger partial charge is 0.399 e. The third-order valence-electron chi connectivity index (χ3n) is 4.90. The van der Waals surface area contributed by atoms with Gasteiger partial charge in [-0.25, -0.2) is 4.98 Å². The monoisotopic (exact) mass is 369 g/mol. The molecule has 1 aliphatic heterocycles. The van der Waals surface area contributed by atoms with Crippen LogP contribution < -0.4 is 5.46 Å². The summed E-state index contributed by atoms with van der Waals surface area (Å²) in [4.78, 5) is 5.28. The van der Waals surface area contributed by atoms with Crippen LogP contribution in [-0.2, 0) is 14.9 Å². The first-order valence-electron chi connectivity index (χ1n) is 8.64. The minimum absolute atomic E-state index is 0.383. The highest BCUT2D eigenvalue weighted by Gasteiger charge is 2.51. The maximum atomic E-state index is 10.6. The number of benzene rings is 1. The molecule has 0 radical (unpaired) electrons. The summed E-state index contributed by atoms with van der Waals surface area (Å²) in [6.45, 7) is 11.7. The van der Waals surface area contributed by atoms with E-state index in [1.54, 1.807) is 13.1 Å². The maximum absolute atomic E-state index is 10.6. The third kappa shape index (κ3) is 3.72. The lowest BCUT2D eigenvalue weighted by Crippen LogP contribution is -2.41. The summed E-state index contributed by atoms with van der Waals surface area (Å²) < 4.78 is 12.2. The summed E-state index contributed by atoms with van der Waals surface area (Å²) in [5.74, 6) is 5.98. The molecule has 0 saturated carbocycles. The molecule has 1 unspecified atom stereocenters. The van der Waals surface area contributed by atoms with Gasteiger partial charge in [0.15, 0.2) is 5.60 Å². The number of aliphatic hydroxyl groups is 1. The molecule has 1 N–H and O–H groups in total. The molecule has 136 valence electrons. The highest BCUT2D eigenvalue weighted by atomic mass is 32.1. The van der Waals surface area contributed by atoms with Crippen LogP contribution in [0.5, 0.6) is 0 Å². The first-order valence-corrected chi connectivity index (χ1v) is 9.46. The molecule has 6 heteroatoms. The van der Waals surface area contributed by atoms with Crippen molar-refractivity contribution >= 4 is 23.9 Å². The molecule has 1 aromatic heterocycles. The zero-order valence-electron chi connectivity index (χ0n) is 16.1. The minimum atomic E-state index is -1.28. The van der Waals surface area contributed by atoms with E-state index >= 15 is 0 Å². The number of rotatable bonds is 2. The molecule has 0 amide bonds. The molecule has 2 heterocycles. The molecule has 26 heavy (non-hydrogen) atoms. The van der Waals surface area contributed by atoms with Crippen molar-refractivity contribution in [1.29, 1.82) is 0 Å². The number of hydrogen-bond acceptors (Lipinski definition) is 5. The minimum Gasteiger partial charge on any atom is -0.399 e. The third-order valence-corrected chi connectivity index (χ3v) is 6.02. The Morgan fingerprint density at radius 3 is 2.42 bits per heavy atom. The fourth-order valence-electron chi connectivity index (χ4n) is 2.57. The van der Waals surface area contributed by atoms with Crippen molar-refractivity contribution < 1.29 is 14.4 Å². The lowest BCUT2D eigenvalue weighted by atomic mass is 9.78. The van der Waals surface area contributed by atoms with Gasteiger partial charge in [0.1, 0.15) is 5.01 Å². The maximum Gasteiger partial charge on any atom is 0.494 e. The van der Waals surface area contributed by atoms with Gasteiger partial charge in [0.2, 0.25) is 0 Å². The van der Waals surface area contributed by atoms with Crippen molar-refractivity contribution in [1.82, 2.24) is 4.98 Å². The topological polar surface area (TPSA) is 51.6 Å². The van der Waals surface area contributed by atoms with E-state index in [2.05, 4.69) is 16.8 Å². The number of thiazole rings is 1. The van der Waals surface area contributed by atoms with Gasteiger partial charge >= 0.3 is 7.12 Å². The average Bonchev–Trinajstić information content (AvgIpc) is 3.08. The summed E-state index contributed by atoms with van der Waals surface area (Å²) in [7, 11) is -0.427. The first kappa shape index (κ1) is 19.1. The molecule has 0 bridgehead atoms. The summed E-state index contributed by atoms with van der Waals surface area (Å²) in [5, 5.41) is 11.2. The standard InChI is InChI=1S/C20H24BNO3S/c1-14-13-22-17(26-14)20(6,23)11-10-15-8-7-9-16(12-15)21-24-18(2,3)19(4,5)25-21/h7-9,12-13,23H,1-6H3. The Balaban J connectivity index is 1.84. The van der Waals surface area contributed by atoms with Crippen molar-refractivity contribution in [3.8, 4) is 11.8 Å². The van der Waals surface area contributed by atoms with Crippen molar-refractivity contribution in [2.24, 2.45) is 0 Å². The second-order valence-corrected chi connectivity index (χ2v) is 9.05. The fraction of sp³-hybridized carbons (Fsp3) is 0.450. The molecule has 4 nitrogen and oxygen atoms in total. The first-order chi connectivity index (χ1) is 12.0. The number of hydrogen-bond donors (Lipinski definition) is 1. The van der Waals surface area contributed by atoms with Crippen LogP contribution in [0.1, 0.15) is 50.1 Å². The van der Waals surface area contributed by atoms with E-state index in [0.29, 0.717) is 5.01 Å². The zero-order valence-corrected chi connectivity index (χ0v) is 16.9. The van der Waals surface area contributed by atoms with Crippen LogP contribution in [0.3, 0.4) is 0 Å². The van der Waals surface area contributed by atoms with Crippen LogP contribution in [0.25, 0.3) is 0 Å². The van der Waals surface area contributed by atoms with E-state index in [1.807, 2.05) is 58.9 Å². The molecule has 0 spiro atoms. The molecule has 1 aliphatic rings. The highest BCUT2D eigenvalue weighted by Crippen LogP contribution is 2.36. The number of nitrogens with zero attached hydrogens (tertiary/aromatic N) is 1. The predicted molar refractivity (Wildman–Crippen MR) is 105 cm³/mol. The van der Waals surface area contributed by atoms with E-state index in [4.69, 9.17) is 9.31 Å². The van der Waals surface area contributed by atoms with Crippen molar-refractivity contribution in [2.45, 2.75) is 58.3 Å². The summed E-state index contributed by atoms with van der Waals surface area (Å²) in [5.41, 5.74) is -0.331. The number of aryl methyl sites for hydroxylation is 1. The van der Waals surface area contributed by atoms with Gasteiger partial charge in [-0.1, -0.05) is 24.0 Å². The van der Waals surface area contributed by atoms with Crippen LogP contribution in [-0.4, -0.2) is 28.4 Å². The number of aromatic nitrogens is 1. The Kier molecular flexibility index (Phi) is 4.79. The summed E-state index contributed by atoms with van der Waals surface area (Å²) >= 11 is 1.45. The molecule has 1 aromatic carbocycles. The van der Waals surface area contributed by atoms with Crippen LogP contribution in [0.2, 0.25) is 0 Å². The molecule has 1 atom stereocenters. The Hall–Kier alpha value is -1.65. The second-order valence-electron chi connectivity index (χ2n) is 7.81. The van der Waals surface area contributed by atoms with Gasteiger partial charge < -0.3 is 14.4 Å². The lowest BCUT2D eigenvalue weighted by Gasteiger charge is -2.32. The van der Waals surface area contributed by atoms with Crippen LogP contribution in [0.15, 0.2) is 30.5 Å². The van der Waals surface area contributed by atoms with Crippen molar-refractivity contribution in [3.63, 3.8) is 0 Å². The second kappa shape index (κ2) is 6.51. The molecule has 0 aliphatic carbocycles. The fourth-order valence-corrected chi connectivity index (χ4v) is 3.33. The summed E-state index contributed by atoms with van der Waals surface area (Å²) in [6.07, 6.45) is 1.75. The Labute approximate surface area is 159 Å². The molecular weight excluding hydrogens is 345 g/mol. The van der Waals surface area contributed by atoms with Gasteiger partial charge in [-0.15, -0.1) is 11.3 Å². The largest absolute Gasteiger partial charge is 0.494 e. The van der Waals surface area contributed by atoms with Gasteiger partial charge in [-0.05, 0) is 59.1 Å². The predicted octanol–water partition coefficient (Wildman–Crippen LogP) is 3.01. The lowest BCUT2D eigenvalue weighted by molar-refractivity contribution is 0.00578. The quantitative estimate of drug-likeness (QED) is 0.653. The Bertz CT molecular complexity index is 860. The van der Waals surface area contributed by atoms with Crippen LogP contribution >= 0.6 is 11.3 Å². The van der Waals surface area contributed by atoms with Gasteiger partial charge in [-0.3, -0.25) is 0 Å². The van der Waals surface area contributed by atoms with Gasteiger partial charge in [-0.2, -0.15) is 0 Å². The SMILES string of the molecule is Cc1cnc(C(C)(O)C#Cc2cccc(B3OC(C)(C)C(C)(C)O3)c2)s1. The van der Waals surface area contributed by atoms with Gasteiger partial charge in [0.25, 0.3) is 0 Å². The Morgan fingerprint density at radius 1 is 1.19 bits per heavy atom. The summed E-state index contributed by atoms with van der Waals surface area (Å²) in [6, 6.07) is 7.74. The van der Waals surface area contributed by atoms with E-state index in [9.17, 15) is 5.11 Å². The molecule has 3 rings (SSSR count). The van der Waals surface area contributed by atoms with E-state index < -0.39 is 12.7 Å². The molecule has 1 fully saturated rings. The van der Waals surface area contributed by atoms with E-state index in [0.717, 1.165) is 15.9 Å². The Morgan fingerprint density at radius 2 is 1.85 bits per heavy atom. The van der Waals surface area contributed by atoms with Crippen LogP contribution in [0.4, 0.5) is 0 Å². The molecular formula is C20H24BNO3S. The zero-order chi connectivity index (χ0) is 19.2. The average molecular weight is 369 g/mol. The van der Waals surface area contributed by atoms with Gasteiger partial charge in [0.05, 0.1) is 11.2 Å². The van der Waals surface area contributed by atoms with E-state index in [1.165, 1.54) is 11.3 Å². The van der Waals surface area contributed by atoms with Gasteiger partial charge in [0, 0.05) is 16.6 Å². The van der Waals surface area contributed by atoms with E-state index in [-0.39, 0.29) is 11.2 Å². The van der Waals surface area contributed by atoms with Crippen LogP contribution in [0, 0.1) is 18.8 Å². The van der Waals surface area contributed by atoms with Crippen molar-refractivity contribution in [3.05, 3.63) is 45.9 Å². The molecule has 1 saturated heterocycles.